The zero-order valence-corrected chi connectivity index (χ0v) is 12.0. The Morgan fingerprint density at radius 2 is 2.28 bits per heavy atom. The monoisotopic (exact) mass is 264 g/mol. The fraction of sp³-hybridized carbons (Fsp3) is 0.462. The van der Waals surface area contributed by atoms with Crippen LogP contribution in [0.2, 0.25) is 0 Å². The van der Waals surface area contributed by atoms with Crippen molar-refractivity contribution >= 4 is 17.2 Å². The molecular weight excluding hydrogens is 244 g/mol. The third-order valence-corrected chi connectivity index (χ3v) is 3.90. The van der Waals surface area contributed by atoms with E-state index in [2.05, 4.69) is 34.6 Å². The van der Waals surface area contributed by atoms with Crippen LogP contribution >= 0.6 is 11.3 Å². The van der Waals surface area contributed by atoms with Gasteiger partial charge < -0.3 is 10.6 Å². The average Bonchev–Trinajstić information content (AvgIpc) is 2.89. The Morgan fingerprint density at radius 3 is 2.89 bits per heavy atom. The van der Waals surface area contributed by atoms with Crippen LogP contribution in [0.4, 0.5) is 5.82 Å². The molecule has 18 heavy (non-hydrogen) atoms. The quantitative estimate of drug-likeness (QED) is 0.897. The molecule has 0 aromatic carbocycles. The summed E-state index contributed by atoms with van der Waals surface area (Å²) in [5, 5.41) is 6.61. The van der Waals surface area contributed by atoms with Crippen molar-refractivity contribution in [3.05, 3.63) is 33.6 Å². The third kappa shape index (κ3) is 2.57. The van der Waals surface area contributed by atoms with Gasteiger partial charge in [-0.15, -0.1) is 11.3 Å². The first-order valence-corrected chi connectivity index (χ1v) is 6.97. The molecule has 0 atom stereocenters. The number of aromatic nitrogens is 2. The van der Waals surface area contributed by atoms with Crippen molar-refractivity contribution in [3.8, 4) is 0 Å². The van der Waals surface area contributed by atoms with Crippen molar-refractivity contribution < 1.29 is 0 Å². The number of hydrogen-bond acceptors (Lipinski definition) is 4. The molecule has 0 saturated carbocycles. The van der Waals surface area contributed by atoms with Crippen LogP contribution in [0, 0.1) is 6.92 Å². The van der Waals surface area contributed by atoms with Gasteiger partial charge in [0.2, 0.25) is 0 Å². The van der Waals surface area contributed by atoms with Crippen LogP contribution in [-0.4, -0.2) is 23.4 Å². The molecule has 0 aliphatic carbocycles. The minimum Gasteiger partial charge on any atom is -0.355 e. The molecule has 0 spiro atoms. The minimum atomic E-state index is 0.659. The lowest BCUT2D eigenvalue weighted by Gasteiger charge is -2.20. The summed E-state index contributed by atoms with van der Waals surface area (Å²) < 4.78 is 1.95. The van der Waals surface area contributed by atoms with Crippen LogP contribution in [0.1, 0.15) is 16.1 Å². The van der Waals surface area contributed by atoms with Crippen LogP contribution in [0.25, 0.3) is 0 Å². The van der Waals surface area contributed by atoms with E-state index in [-0.39, 0.29) is 0 Å². The molecule has 5 heteroatoms. The Bertz CT molecular complexity index is 501. The maximum Gasteiger partial charge on any atom is 0.130 e. The molecule has 0 saturated heterocycles. The van der Waals surface area contributed by atoms with E-state index in [0.717, 1.165) is 18.7 Å². The predicted octanol–water partition coefficient (Wildman–Crippen LogP) is 1.93. The number of nitrogens with two attached hydrogens (primary N) is 1. The van der Waals surface area contributed by atoms with E-state index in [1.807, 2.05) is 18.7 Å². The van der Waals surface area contributed by atoms with Gasteiger partial charge in [-0.05, 0) is 31.3 Å². The molecule has 0 radical (unpaired) electrons. The Balaban J connectivity index is 2.26. The van der Waals surface area contributed by atoms with Gasteiger partial charge in [-0.1, -0.05) is 6.07 Å². The summed E-state index contributed by atoms with van der Waals surface area (Å²) in [6, 6.07) is 4.25. The highest BCUT2D eigenvalue weighted by Gasteiger charge is 2.16. The number of anilines is 1. The number of hydrogen-bond donors (Lipinski definition) is 1. The van der Waals surface area contributed by atoms with Gasteiger partial charge >= 0.3 is 0 Å². The van der Waals surface area contributed by atoms with Gasteiger partial charge in [0.05, 0.1) is 12.2 Å². The van der Waals surface area contributed by atoms with Gasteiger partial charge in [-0.25, -0.2) is 0 Å². The molecule has 2 rings (SSSR count). The molecule has 2 aromatic heterocycles. The van der Waals surface area contributed by atoms with Crippen molar-refractivity contribution in [3.63, 3.8) is 0 Å². The highest BCUT2D eigenvalue weighted by molar-refractivity contribution is 7.09. The van der Waals surface area contributed by atoms with E-state index < -0.39 is 0 Å². The minimum absolute atomic E-state index is 0.659. The largest absolute Gasteiger partial charge is 0.355 e. The fourth-order valence-corrected chi connectivity index (χ4v) is 3.07. The van der Waals surface area contributed by atoms with E-state index in [1.54, 1.807) is 11.3 Å². The van der Waals surface area contributed by atoms with Crippen LogP contribution < -0.4 is 10.6 Å². The van der Waals surface area contributed by atoms with Gasteiger partial charge in [0, 0.05) is 24.5 Å². The van der Waals surface area contributed by atoms with Gasteiger partial charge in [0.1, 0.15) is 5.82 Å². The lowest BCUT2D eigenvalue weighted by molar-refractivity contribution is 0.727. The Kier molecular flexibility index (Phi) is 4.04. The van der Waals surface area contributed by atoms with Gasteiger partial charge in [-0.3, -0.25) is 4.68 Å². The topological polar surface area (TPSA) is 47.1 Å². The molecular formula is C13H20N4S. The molecule has 0 fully saturated rings. The Morgan fingerprint density at radius 1 is 1.50 bits per heavy atom. The van der Waals surface area contributed by atoms with Crippen LogP contribution in [-0.2, 0) is 20.0 Å². The Labute approximate surface area is 112 Å². The van der Waals surface area contributed by atoms with Gasteiger partial charge in [0.15, 0.2) is 0 Å². The van der Waals surface area contributed by atoms with E-state index in [9.17, 15) is 0 Å². The molecule has 2 N–H and O–H groups in total. The molecule has 98 valence electrons. The van der Waals surface area contributed by atoms with Gasteiger partial charge in [0.25, 0.3) is 0 Å². The summed E-state index contributed by atoms with van der Waals surface area (Å²) in [7, 11) is 4.10. The molecule has 0 aliphatic rings. The average molecular weight is 264 g/mol. The molecule has 0 amide bonds. The molecule has 0 unspecified atom stereocenters. The van der Waals surface area contributed by atoms with Crippen molar-refractivity contribution in [2.45, 2.75) is 19.9 Å². The highest BCUT2D eigenvalue weighted by Crippen LogP contribution is 2.24. The summed E-state index contributed by atoms with van der Waals surface area (Å²) in [5.74, 6) is 1.17. The molecule has 0 aliphatic heterocycles. The van der Waals surface area contributed by atoms with Crippen molar-refractivity contribution in [1.29, 1.82) is 0 Å². The number of aryl methyl sites for hydroxylation is 2. The van der Waals surface area contributed by atoms with E-state index in [0.29, 0.717) is 6.54 Å². The first-order valence-electron chi connectivity index (χ1n) is 6.09. The first kappa shape index (κ1) is 13.1. The fourth-order valence-electron chi connectivity index (χ4n) is 2.32. The second kappa shape index (κ2) is 5.54. The smallest absolute Gasteiger partial charge is 0.130 e. The molecule has 4 nitrogen and oxygen atoms in total. The zero-order valence-electron chi connectivity index (χ0n) is 11.2. The standard InChI is InChI=1S/C13H20N4S/c1-10-12(6-7-14)13(17(3)15-10)16(2)9-11-5-4-8-18-11/h4-5,8H,6-7,9,14H2,1-3H3. The lowest BCUT2D eigenvalue weighted by Crippen LogP contribution is -2.20. The molecule has 2 heterocycles. The van der Waals surface area contributed by atoms with Crippen LogP contribution in [0.3, 0.4) is 0 Å². The normalized spacial score (nSPS) is 10.9. The maximum absolute atomic E-state index is 5.69. The predicted molar refractivity (Wildman–Crippen MR) is 77.1 cm³/mol. The van der Waals surface area contributed by atoms with E-state index in [4.69, 9.17) is 5.73 Å². The molecule has 0 bridgehead atoms. The summed E-state index contributed by atoms with van der Waals surface area (Å²) in [4.78, 5) is 3.60. The number of nitrogens with zero attached hydrogens (tertiary/aromatic N) is 3. The summed E-state index contributed by atoms with van der Waals surface area (Å²) >= 11 is 1.78. The lowest BCUT2D eigenvalue weighted by atomic mass is 10.1. The number of rotatable bonds is 5. The summed E-state index contributed by atoms with van der Waals surface area (Å²) in [6.45, 7) is 3.62. The SMILES string of the molecule is Cc1nn(C)c(N(C)Cc2cccs2)c1CCN. The van der Waals surface area contributed by atoms with Crippen molar-refractivity contribution in [1.82, 2.24) is 9.78 Å². The zero-order chi connectivity index (χ0) is 13.1. The second-order valence-corrected chi connectivity index (χ2v) is 5.52. The van der Waals surface area contributed by atoms with Crippen molar-refractivity contribution in [2.24, 2.45) is 12.8 Å². The van der Waals surface area contributed by atoms with Crippen molar-refractivity contribution in [2.75, 3.05) is 18.5 Å². The van der Waals surface area contributed by atoms with E-state index >= 15 is 0 Å². The summed E-state index contributed by atoms with van der Waals surface area (Å²) in [6.07, 6.45) is 0.879. The third-order valence-electron chi connectivity index (χ3n) is 3.04. The first-order chi connectivity index (χ1) is 8.63. The van der Waals surface area contributed by atoms with E-state index in [1.165, 1.54) is 16.3 Å². The second-order valence-electron chi connectivity index (χ2n) is 4.49. The van der Waals surface area contributed by atoms with Crippen LogP contribution in [0.15, 0.2) is 17.5 Å². The van der Waals surface area contributed by atoms with Crippen LogP contribution in [0.5, 0.6) is 0 Å². The summed E-state index contributed by atoms with van der Waals surface area (Å²) in [5.41, 5.74) is 8.03. The maximum atomic E-state index is 5.69. The molecule has 2 aromatic rings. The number of thiophene rings is 1. The Hall–Kier alpha value is -1.33. The highest BCUT2D eigenvalue weighted by atomic mass is 32.1. The van der Waals surface area contributed by atoms with Gasteiger partial charge in [-0.2, -0.15) is 5.10 Å².